The largest absolute Gasteiger partial charge is 0.450 e. The number of benzene rings is 1. The van der Waals surface area contributed by atoms with Gasteiger partial charge >= 0.3 is 6.09 Å². The van der Waals surface area contributed by atoms with E-state index >= 15 is 0 Å². The van der Waals surface area contributed by atoms with Crippen molar-refractivity contribution in [1.29, 1.82) is 0 Å². The number of nitrogens with one attached hydrogen (secondary N) is 2. The average Bonchev–Trinajstić information content (AvgIpc) is 2.88. The number of carbonyl (C=O) groups is 2. The molecule has 0 radical (unpaired) electrons. The lowest BCUT2D eigenvalue weighted by Crippen LogP contribution is -2.52. The summed E-state index contributed by atoms with van der Waals surface area (Å²) >= 11 is 0. The van der Waals surface area contributed by atoms with Crippen LogP contribution in [0.15, 0.2) is 18.2 Å². The lowest BCUT2D eigenvalue weighted by atomic mass is 9.98. The zero-order valence-electron chi connectivity index (χ0n) is 15.3. The minimum atomic E-state index is -0.776. The lowest BCUT2D eigenvalue weighted by Gasteiger charge is -2.38. The molecule has 27 heavy (non-hydrogen) atoms. The molecule has 2 aliphatic heterocycles. The Morgan fingerprint density at radius 2 is 1.74 bits per heavy atom. The molecule has 3 atom stereocenters. The van der Waals surface area contributed by atoms with E-state index in [1.807, 2.05) is 4.90 Å². The number of piperidine rings is 1. The van der Waals surface area contributed by atoms with Crippen LogP contribution in [0.2, 0.25) is 0 Å². The molecular formula is C19H25F2N3O3. The number of hydrogen-bond donors (Lipinski definition) is 2. The predicted molar refractivity (Wildman–Crippen MR) is 95.4 cm³/mol. The number of hydrogen-bond acceptors (Lipinski definition) is 4. The topological polar surface area (TPSA) is 70.7 Å². The molecule has 0 spiro atoms. The fraction of sp³-hybridized carbons (Fsp3) is 0.579. The number of halogens is 2. The van der Waals surface area contributed by atoms with Crippen LogP contribution in [0.4, 0.5) is 13.6 Å². The van der Waals surface area contributed by atoms with Gasteiger partial charge in [0.15, 0.2) is 0 Å². The van der Waals surface area contributed by atoms with Gasteiger partial charge in [0.2, 0.25) is 0 Å². The Morgan fingerprint density at radius 1 is 1.11 bits per heavy atom. The van der Waals surface area contributed by atoms with E-state index in [-0.39, 0.29) is 29.8 Å². The molecule has 2 bridgehead atoms. The van der Waals surface area contributed by atoms with E-state index in [2.05, 4.69) is 10.6 Å². The van der Waals surface area contributed by atoms with Crippen molar-refractivity contribution in [2.24, 2.45) is 0 Å². The Balaban J connectivity index is 1.42. The third kappa shape index (κ3) is 4.74. The third-order valence-electron chi connectivity index (χ3n) is 5.18. The molecule has 8 heteroatoms. The molecule has 1 unspecified atom stereocenters. The van der Waals surface area contributed by atoms with Gasteiger partial charge in [-0.15, -0.1) is 0 Å². The fourth-order valence-electron chi connectivity index (χ4n) is 4.08. The number of amides is 2. The molecule has 2 aliphatic rings. The summed E-state index contributed by atoms with van der Waals surface area (Å²) < 4.78 is 31.5. The first-order chi connectivity index (χ1) is 13.0. The standard InChI is InChI=1S/C19H25F2N3O3/c1-2-27-19(26)24-16-3-4-17(24)11-15(10-16)22-5-6-23-18(25)12-7-13(20)9-14(21)8-12/h7-9,15-17,22H,2-6,10-11H2,1H3,(H,23,25)/t15?,16-,17+. The Hall–Kier alpha value is -2.22. The molecule has 1 aromatic rings. The number of nitrogens with zero attached hydrogens (tertiary/aromatic N) is 1. The summed E-state index contributed by atoms with van der Waals surface area (Å²) in [6.45, 7) is 3.09. The second kappa shape index (κ2) is 8.65. The highest BCUT2D eigenvalue weighted by molar-refractivity contribution is 5.94. The van der Waals surface area contributed by atoms with E-state index < -0.39 is 17.5 Å². The molecule has 6 nitrogen and oxygen atoms in total. The zero-order valence-corrected chi connectivity index (χ0v) is 15.3. The Labute approximate surface area is 157 Å². The molecule has 2 N–H and O–H groups in total. The summed E-state index contributed by atoms with van der Waals surface area (Å²) in [6.07, 6.45) is 3.47. The van der Waals surface area contributed by atoms with Crippen LogP contribution in [-0.4, -0.2) is 54.7 Å². The highest BCUT2D eigenvalue weighted by Crippen LogP contribution is 2.36. The van der Waals surface area contributed by atoms with Crippen molar-refractivity contribution in [3.63, 3.8) is 0 Å². The molecule has 2 fully saturated rings. The van der Waals surface area contributed by atoms with Gasteiger partial charge in [-0.3, -0.25) is 4.79 Å². The number of carbonyl (C=O) groups excluding carboxylic acids is 2. The van der Waals surface area contributed by atoms with E-state index in [1.165, 1.54) is 0 Å². The van der Waals surface area contributed by atoms with E-state index in [9.17, 15) is 18.4 Å². The van der Waals surface area contributed by atoms with Gasteiger partial charge in [0.25, 0.3) is 5.91 Å². The van der Waals surface area contributed by atoms with Gasteiger partial charge in [-0.1, -0.05) is 0 Å². The molecule has 0 aliphatic carbocycles. The third-order valence-corrected chi connectivity index (χ3v) is 5.18. The first-order valence-electron chi connectivity index (χ1n) is 9.40. The molecular weight excluding hydrogens is 356 g/mol. The van der Waals surface area contributed by atoms with Crippen molar-refractivity contribution in [1.82, 2.24) is 15.5 Å². The van der Waals surface area contributed by atoms with Crippen molar-refractivity contribution >= 4 is 12.0 Å². The highest BCUT2D eigenvalue weighted by Gasteiger charge is 2.43. The maximum absolute atomic E-state index is 13.2. The molecule has 0 saturated carbocycles. The SMILES string of the molecule is CCOC(=O)N1[C@@H]2CC[C@H]1CC(NCCNC(=O)c1cc(F)cc(F)c1)C2. The second-order valence-corrected chi connectivity index (χ2v) is 7.03. The van der Waals surface area contributed by atoms with Gasteiger partial charge in [-0.05, 0) is 44.7 Å². The van der Waals surface area contributed by atoms with Gasteiger partial charge in [0.05, 0.1) is 6.61 Å². The maximum atomic E-state index is 13.2. The molecule has 3 rings (SSSR count). The minimum absolute atomic E-state index is 0.0340. The van der Waals surface area contributed by atoms with Crippen LogP contribution in [0.25, 0.3) is 0 Å². The monoisotopic (exact) mass is 381 g/mol. The lowest BCUT2D eigenvalue weighted by molar-refractivity contribution is 0.0659. The quantitative estimate of drug-likeness (QED) is 0.743. The summed E-state index contributed by atoms with van der Waals surface area (Å²) in [5.74, 6) is -2.06. The number of ether oxygens (including phenoxy) is 1. The van der Waals surface area contributed by atoms with Crippen LogP contribution in [-0.2, 0) is 4.74 Å². The maximum Gasteiger partial charge on any atom is 0.410 e. The summed E-state index contributed by atoms with van der Waals surface area (Å²) in [5, 5.41) is 6.06. The Kier molecular flexibility index (Phi) is 6.26. The second-order valence-electron chi connectivity index (χ2n) is 7.03. The fourth-order valence-corrected chi connectivity index (χ4v) is 4.08. The molecule has 148 valence electrons. The van der Waals surface area contributed by atoms with Crippen molar-refractivity contribution < 1.29 is 23.1 Å². The highest BCUT2D eigenvalue weighted by atomic mass is 19.1. The minimum Gasteiger partial charge on any atom is -0.450 e. The first kappa shape index (κ1) is 19.5. The van der Waals surface area contributed by atoms with E-state index in [4.69, 9.17) is 4.74 Å². The van der Waals surface area contributed by atoms with Crippen LogP contribution in [0.1, 0.15) is 43.0 Å². The Bertz CT molecular complexity index is 667. The van der Waals surface area contributed by atoms with Crippen LogP contribution in [0.3, 0.4) is 0 Å². The number of rotatable bonds is 6. The first-order valence-corrected chi connectivity index (χ1v) is 9.40. The Morgan fingerprint density at radius 3 is 2.33 bits per heavy atom. The summed E-state index contributed by atoms with van der Waals surface area (Å²) in [5.41, 5.74) is -0.0340. The van der Waals surface area contributed by atoms with Gasteiger partial charge in [-0.25, -0.2) is 13.6 Å². The summed E-state index contributed by atoms with van der Waals surface area (Å²) in [7, 11) is 0. The molecule has 2 heterocycles. The van der Waals surface area contributed by atoms with Crippen molar-refractivity contribution in [2.75, 3.05) is 19.7 Å². The predicted octanol–water partition coefficient (Wildman–Crippen LogP) is 2.44. The van der Waals surface area contributed by atoms with Gasteiger partial charge in [0.1, 0.15) is 11.6 Å². The smallest absolute Gasteiger partial charge is 0.410 e. The van der Waals surface area contributed by atoms with Gasteiger partial charge in [-0.2, -0.15) is 0 Å². The molecule has 2 saturated heterocycles. The zero-order chi connectivity index (χ0) is 19.4. The normalized spacial score (nSPS) is 24.0. The summed E-state index contributed by atoms with van der Waals surface area (Å²) in [4.78, 5) is 25.9. The van der Waals surface area contributed by atoms with Crippen molar-refractivity contribution in [3.8, 4) is 0 Å². The molecule has 1 aromatic carbocycles. The average molecular weight is 381 g/mol. The summed E-state index contributed by atoms with van der Waals surface area (Å²) in [6, 6.07) is 3.42. The van der Waals surface area contributed by atoms with E-state index in [1.54, 1.807) is 6.92 Å². The van der Waals surface area contributed by atoms with Gasteiger partial charge in [0, 0.05) is 42.8 Å². The van der Waals surface area contributed by atoms with Crippen LogP contribution >= 0.6 is 0 Å². The molecule has 0 aromatic heterocycles. The van der Waals surface area contributed by atoms with Gasteiger partial charge < -0.3 is 20.3 Å². The van der Waals surface area contributed by atoms with Crippen molar-refractivity contribution in [2.45, 2.75) is 50.7 Å². The van der Waals surface area contributed by atoms with Crippen molar-refractivity contribution in [3.05, 3.63) is 35.4 Å². The van der Waals surface area contributed by atoms with Crippen LogP contribution in [0.5, 0.6) is 0 Å². The van der Waals surface area contributed by atoms with E-state index in [0.717, 1.165) is 43.9 Å². The van der Waals surface area contributed by atoms with E-state index in [0.29, 0.717) is 19.7 Å². The molecule has 2 amide bonds. The van der Waals surface area contributed by atoms with Crippen LogP contribution in [0, 0.1) is 11.6 Å². The van der Waals surface area contributed by atoms with Crippen LogP contribution < -0.4 is 10.6 Å². The number of fused-ring (bicyclic) bond motifs is 2.